The van der Waals surface area contributed by atoms with Crippen LogP contribution in [0.1, 0.15) is 62.2 Å². The van der Waals surface area contributed by atoms with Crippen LogP contribution in [0.4, 0.5) is 24.9 Å². The Morgan fingerprint density at radius 2 is 1.87 bits per heavy atom. The zero-order valence-corrected chi connectivity index (χ0v) is 17.5. The summed E-state index contributed by atoms with van der Waals surface area (Å²) >= 11 is 0. The fourth-order valence-corrected chi connectivity index (χ4v) is 4.13. The Morgan fingerprint density at radius 3 is 2.48 bits per heavy atom. The molecule has 0 bridgehead atoms. The number of halogens is 3. The highest BCUT2D eigenvalue weighted by molar-refractivity contribution is 5.97. The molecule has 0 spiro atoms. The molecule has 0 radical (unpaired) electrons. The first-order chi connectivity index (χ1) is 14.6. The Labute approximate surface area is 179 Å². The molecular formula is C20H30F3N5O3. The van der Waals surface area contributed by atoms with Gasteiger partial charge in [-0.1, -0.05) is 6.92 Å². The Kier molecular flexibility index (Phi) is 7.58. The molecule has 3 atom stereocenters. The minimum Gasteiger partial charge on any atom is -0.393 e. The van der Waals surface area contributed by atoms with Crippen molar-refractivity contribution in [3.05, 3.63) is 11.8 Å². The Morgan fingerprint density at radius 1 is 1.19 bits per heavy atom. The van der Waals surface area contributed by atoms with Crippen molar-refractivity contribution in [1.29, 1.82) is 0 Å². The summed E-state index contributed by atoms with van der Waals surface area (Å²) < 4.78 is 41.9. The minimum atomic E-state index is -4.32. The van der Waals surface area contributed by atoms with Gasteiger partial charge in [0.25, 0.3) is 5.91 Å². The van der Waals surface area contributed by atoms with Crippen molar-refractivity contribution < 1.29 is 27.8 Å². The Bertz CT molecular complexity index is 756. The molecule has 1 aromatic rings. The molecule has 2 fully saturated rings. The second-order valence-electron chi connectivity index (χ2n) is 8.56. The maximum atomic E-state index is 12.3. The average molecular weight is 445 g/mol. The van der Waals surface area contributed by atoms with Gasteiger partial charge in [-0.2, -0.15) is 18.2 Å². The van der Waals surface area contributed by atoms with E-state index in [1.807, 2.05) is 6.92 Å². The number of nitrogens with two attached hydrogens (primary N) is 1. The van der Waals surface area contributed by atoms with E-state index in [0.29, 0.717) is 43.9 Å². The Balaban J connectivity index is 1.58. The minimum absolute atomic E-state index is 0.00429. The number of aliphatic hydroxyl groups excluding tert-OH is 1. The highest BCUT2D eigenvalue weighted by Gasteiger charge is 2.31. The molecule has 31 heavy (non-hydrogen) atoms. The van der Waals surface area contributed by atoms with E-state index in [2.05, 4.69) is 20.6 Å². The third-order valence-electron chi connectivity index (χ3n) is 6.04. The number of amides is 1. The van der Waals surface area contributed by atoms with E-state index in [4.69, 9.17) is 10.5 Å². The zero-order chi connectivity index (χ0) is 22.6. The van der Waals surface area contributed by atoms with Crippen molar-refractivity contribution in [3.63, 3.8) is 0 Å². The molecule has 0 saturated heterocycles. The number of alkyl halides is 3. The van der Waals surface area contributed by atoms with Crippen molar-refractivity contribution in [2.45, 2.75) is 82.3 Å². The molecule has 0 aliphatic heterocycles. The molecule has 2 aliphatic carbocycles. The predicted molar refractivity (Wildman–Crippen MR) is 109 cm³/mol. The van der Waals surface area contributed by atoms with Crippen LogP contribution in [0, 0.1) is 5.92 Å². The van der Waals surface area contributed by atoms with Gasteiger partial charge in [0, 0.05) is 18.3 Å². The van der Waals surface area contributed by atoms with Gasteiger partial charge >= 0.3 is 6.18 Å². The number of carbonyl (C=O) groups excluding carboxylic acids is 1. The Hall–Kier alpha value is -2.14. The van der Waals surface area contributed by atoms with Crippen molar-refractivity contribution in [2.75, 3.05) is 17.2 Å². The van der Waals surface area contributed by atoms with Crippen LogP contribution < -0.4 is 16.4 Å². The van der Waals surface area contributed by atoms with Crippen LogP contribution in [-0.2, 0) is 4.74 Å². The van der Waals surface area contributed by atoms with Crippen LogP contribution in [0.25, 0.3) is 0 Å². The number of anilines is 2. The number of rotatable bonds is 7. The molecule has 2 unspecified atom stereocenters. The van der Waals surface area contributed by atoms with Gasteiger partial charge in [0.2, 0.25) is 5.95 Å². The monoisotopic (exact) mass is 445 g/mol. The lowest BCUT2D eigenvalue weighted by atomic mass is 9.85. The molecule has 1 amide bonds. The predicted octanol–water partition coefficient (Wildman–Crippen LogP) is 2.84. The summed E-state index contributed by atoms with van der Waals surface area (Å²) in [6, 6.07) is -0.0383. The molecule has 1 heterocycles. The number of hydrogen-bond donors (Lipinski definition) is 4. The molecular weight excluding hydrogens is 415 g/mol. The van der Waals surface area contributed by atoms with E-state index in [1.54, 1.807) is 0 Å². The highest BCUT2D eigenvalue weighted by atomic mass is 19.4. The first-order valence-electron chi connectivity index (χ1n) is 10.7. The summed E-state index contributed by atoms with van der Waals surface area (Å²) in [5.74, 6) is 0.212. The third-order valence-corrected chi connectivity index (χ3v) is 6.04. The van der Waals surface area contributed by atoms with Crippen molar-refractivity contribution >= 4 is 17.7 Å². The maximum absolute atomic E-state index is 12.3. The second kappa shape index (κ2) is 9.99. The molecule has 11 heteroatoms. The fourth-order valence-electron chi connectivity index (χ4n) is 4.13. The van der Waals surface area contributed by atoms with E-state index >= 15 is 0 Å². The van der Waals surface area contributed by atoms with E-state index in [0.717, 1.165) is 12.8 Å². The summed E-state index contributed by atoms with van der Waals surface area (Å²) in [7, 11) is 0. The van der Waals surface area contributed by atoms with Crippen molar-refractivity contribution in [1.82, 2.24) is 9.97 Å². The molecule has 174 valence electrons. The van der Waals surface area contributed by atoms with E-state index < -0.39 is 30.9 Å². The summed E-state index contributed by atoms with van der Waals surface area (Å²) in [6.07, 6.45) is 0.735. The number of ether oxygens (including phenoxy) is 1. The first-order valence-corrected chi connectivity index (χ1v) is 10.7. The lowest BCUT2D eigenvalue weighted by molar-refractivity contribution is -0.187. The van der Waals surface area contributed by atoms with Gasteiger partial charge in [-0.05, 0) is 50.9 Å². The van der Waals surface area contributed by atoms with Crippen LogP contribution in [0.5, 0.6) is 0 Å². The number of hydrogen-bond acceptors (Lipinski definition) is 7. The largest absolute Gasteiger partial charge is 0.411 e. The van der Waals surface area contributed by atoms with Gasteiger partial charge in [0.1, 0.15) is 12.4 Å². The number of nitrogens with one attached hydrogen (secondary N) is 2. The van der Waals surface area contributed by atoms with Gasteiger partial charge < -0.3 is 26.2 Å². The lowest BCUT2D eigenvalue weighted by Gasteiger charge is -2.32. The summed E-state index contributed by atoms with van der Waals surface area (Å²) in [6.45, 7) is 0.780. The number of primary amides is 1. The topological polar surface area (TPSA) is 122 Å². The fraction of sp³-hybridized carbons (Fsp3) is 0.750. The molecule has 0 aromatic carbocycles. The van der Waals surface area contributed by atoms with Crippen molar-refractivity contribution in [3.8, 4) is 0 Å². The first kappa shape index (κ1) is 23.5. The highest BCUT2D eigenvalue weighted by Crippen LogP contribution is 2.28. The number of aromatic nitrogens is 2. The van der Waals surface area contributed by atoms with Gasteiger partial charge in [0.15, 0.2) is 0 Å². The summed E-state index contributed by atoms with van der Waals surface area (Å²) in [5.41, 5.74) is 5.62. The van der Waals surface area contributed by atoms with Crippen LogP contribution in [0.3, 0.4) is 0 Å². The lowest BCUT2D eigenvalue weighted by Crippen LogP contribution is -2.36. The van der Waals surface area contributed by atoms with Crippen LogP contribution in [-0.4, -0.2) is 58.1 Å². The number of aliphatic hydroxyl groups is 1. The molecule has 2 saturated carbocycles. The van der Waals surface area contributed by atoms with E-state index in [-0.39, 0.29) is 23.6 Å². The van der Waals surface area contributed by atoms with Crippen LogP contribution in [0.2, 0.25) is 0 Å². The normalized spacial score (nSPS) is 29.4. The standard InChI is InChI=1S/C20H30F3N5O3/c1-11-2-3-13(8-16(11)29)26-18-15(17(24)30)9-25-19(28-18)27-12-4-6-14(7-5-12)31-10-20(21,22)23/h9,11-14,16,29H,2-8,10H2,1H3,(H2,24,30)(H2,25,26,27,28)/t11-,12-,13?,14-,16?/m1/s1. The third kappa shape index (κ3) is 6.93. The number of nitrogens with zero attached hydrogens (tertiary/aromatic N) is 2. The average Bonchev–Trinajstić information content (AvgIpc) is 2.70. The van der Waals surface area contributed by atoms with Crippen molar-refractivity contribution in [2.24, 2.45) is 11.7 Å². The van der Waals surface area contributed by atoms with Gasteiger partial charge in [0.05, 0.1) is 17.8 Å². The smallest absolute Gasteiger partial charge is 0.393 e. The van der Waals surface area contributed by atoms with Gasteiger partial charge in [-0.25, -0.2) is 4.98 Å². The van der Waals surface area contributed by atoms with E-state index in [9.17, 15) is 23.1 Å². The van der Waals surface area contributed by atoms with E-state index in [1.165, 1.54) is 6.20 Å². The van der Waals surface area contributed by atoms with Gasteiger partial charge in [-0.15, -0.1) is 0 Å². The molecule has 2 aliphatic rings. The number of carbonyl (C=O) groups is 1. The quantitative estimate of drug-likeness (QED) is 0.509. The SMILES string of the molecule is C[C@@H]1CCC(Nc2nc(N[C@H]3CC[C@H](OCC(F)(F)F)CC3)ncc2C(N)=O)CC1O. The van der Waals surface area contributed by atoms with Gasteiger partial charge in [-0.3, -0.25) is 4.79 Å². The molecule has 5 N–H and O–H groups in total. The maximum Gasteiger partial charge on any atom is 0.411 e. The zero-order valence-electron chi connectivity index (χ0n) is 17.5. The van der Waals surface area contributed by atoms with Crippen LogP contribution >= 0.6 is 0 Å². The second-order valence-corrected chi connectivity index (χ2v) is 8.56. The molecule has 1 aromatic heterocycles. The van der Waals surface area contributed by atoms with Crippen LogP contribution in [0.15, 0.2) is 6.20 Å². The summed E-state index contributed by atoms with van der Waals surface area (Å²) in [4.78, 5) is 20.4. The molecule has 3 rings (SSSR count). The summed E-state index contributed by atoms with van der Waals surface area (Å²) in [5, 5.41) is 16.5. The molecule has 8 nitrogen and oxygen atoms in total.